The zero-order valence-electron chi connectivity index (χ0n) is 9.33. The average Bonchev–Trinajstić information content (AvgIpc) is 2.17. The molecule has 0 saturated heterocycles. The van der Waals surface area contributed by atoms with Gasteiger partial charge < -0.3 is 4.74 Å². The summed E-state index contributed by atoms with van der Waals surface area (Å²) in [5.41, 5.74) is 0.996. The topological polar surface area (TPSA) is 26.3 Å². The van der Waals surface area contributed by atoms with Crippen molar-refractivity contribution >= 4 is 18.0 Å². The van der Waals surface area contributed by atoms with Crippen molar-refractivity contribution in [1.29, 1.82) is 0 Å². The first kappa shape index (κ1) is 14.1. The van der Waals surface area contributed by atoms with Crippen molar-refractivity contribution in [2.24, 2.45) is 0 Å². The van der Waals surface area contributed by atoms with Crippen LogP contribution in [0.15, 0.2) is 17.0 Å². The Labute approximate surface area is 93.8 Å². The number of aryl methyl sites for hydroxylation is 1. The largest absolute Gasteiger partial charge is 0.388 e. The third kappa shape index (κ3) is 4.44. The van der Waals surface area contributed by atoms with Gasteiger partial charge in [-0.25, -0.2) is 4.39 Å². The molecular weight excluding hydrogens is 215 g/mol. The number of carbonyl (C=O) groups is 1. The van der Waals surface area contributed by atoms with E-state index in [1.165, 1.54) is 17.8 Å². The minimum atomic E-state index is -0.436. The lowest BCUT2D eigenvalue weighted by molar-refractivity contribution is 0.111. The number of benzene rings is 1. The van der Waals surface area contributed by atoms with Gasteiger partial charge in [-0.3, -0.25) is 4.79 Å². The molecule has 1 aromatic carbocycles. The summed E-state index contributed by atoms with van der Waals surface area (Å²) in [5, 5.41) is 0. The lowest BCUT2D eigenvalue weighted by Gasteiger charge is -2.03. The number of hydrogen-bond acceptors (Lipinski definition) is 3. The first-order chi connectivity index (χ1) is 7.10. The molecule has 0 amide bonds. The number of carbonyl (C=O) groups excluding carboxylic acids is 1. The fourth-order valence-electron chi connectivity index (χ4n) is 1.00. The van der Waals surface area contributed by atoms with E-state index in [-0.39, 0.29) is 5.56 Å². The van der Waals surface area contributed by atoms with Gasteiger partial charge in [0.05, 0.1) is 5.56 Å². The number of thioether (sulfide) groups is 1. The highest BCUT2D eigenvalue weighted by Crippen LogP contribution is 2.22. The van der Waals surface area contributed by atoms with Crippen molar-refractivity contribution in [1.82, 2.24) is 0 Å². The van der Waals surface area contributed by atoms with E-state index in [1.807, 2.05) is 6.26 Å². The van der Waals surface area contributed by atoms with Crippen molar-refractivity contribution in [3.05, 3.63) is 29.1 Å². The quantitative estimate of drug-likeness (QED) is 0.577. The van der Waals surface area contributed by atoms with Crippen molar-refractivity contribution < 1.29 is 13.9 Å². The number of halogens is 1. The molecule has 0 spiro atoms. The van der Waals surface area contributed by atoms with Crippen LogP contribution in [0, 0.1) is 12.7 Å². The number of hydrogen-bond donors (Lipinski definition) is 0. The van der Waals surface area contributed by atoms with Crippen LogP contribution in [0.5, 0.6) is 0 Å². The van der Waals surface area contributed by atoms with E-state index >= 15 is 0 Å². The van der Waals surface area contributed by atoms with Gasteiger partial charge in [0, 0.05) is 19.1 Å². The summed E-state index contributed by atoms with van der Waals surface area (Å²) in [4.78, 5) is 11.2. The molecule has 0 atom stereocenters. The van der Waals surface area contributed by atoms with Gasteiger partial charge in [0.15, 0.2) is 6.29 Å². The maximum atomic E-state index is 13.1. The van der Waals surface area contributed by atoms with Crippen LogP contribution in [0.25, 0.3) is 0 Å². The lowest BCUT2D eigenvalue weighted by Crippen LogP contribution is -1.92. The normalized spacial score (nSPS) is 9.13. The van der Waals surface area contributed by atoms with Crippen molar-refractivity contribution in [2.75, 3.05) is 20.5 Å². The SMILES string of the molecule is COC.CSc1cc(C)cc(F)c1C=O. The van der Waals surface area contributed by atoms with Crippen molar-refractivity contribution in [3.8, 4) is 0 Å². The summed E-state index contributed by atoms with van der Waals surface area (Å²) in [5.74, 6) is -0.436. The van der Waals surface area contributed by atoms with E-state index < -0.39 is 5.82 Å². The Bertz CT molecular complexity index is 327. The fourth-order valence-corrected chi connectivity index (χ4v) is 1.67. The van der Waals surface area contributed by atoms with Crippen LogP contribution >= 0.6 is 11.8 Å². The molecule has 0 unspecified atom stereocenters. The molecule has 0 saturated carbocycles. The van der Waals surface area contributed by atoms with Gasteiger partial charge in [0.2, 0.25) is 0 Å². The zero-order chi connectivity index (χ0) is 11.8. The molecule has 84 valence electrons. The monoisotopic (exact) mass is 230 g/mol. The van der Waals surface area contributed by atoms with Crippen LogP contribution in [-0.2, 0) is 4.74 Å². The van der Waals surface area contributed by atoms with Crippen molar-refractivity contribution in [3.63, 3.8) is 0 Å². The second kappa shape index (κ2) is 7.43. The molecule has 0 N–H and O–H groups in total. The van der Waals surface area contributed by atoms with Crippen LogP contribution in [0.3, 0.4) is 0 Å². The molecule has 0 fully saturated rings. The minimum Gasteiger partial charge on any atom is -0.388 e. The predicted molar refractivity (Wildman–Crippen MR) is 61.2 cm³/mol. The predicted octanol–water partition coefficient (Wildman–Crippen LogP) is 2.93. The maximum Gasteiger partial charge on any atom is 0.154 e. The molecular formula is C11H15FO2S. The minimum absolute atomic E-state index is 0.160. The zero-order valence-corrected chi connectivity index (χ0v) is 10.2. The van der Waals surface area contributed by atoms with E-state index in [9.17, 15) is 9.18 Å². The Kier molecular flexibility index (Phi) is 6.99. The van der Waals surface area contributed by atoms with Crippen LogP contribution in [0.4, 0.5) is 4.39 Å². The number of aldehydes is 1. The molecule has 0 aliphatic heterocycles. The van der Waals surface area contributed by atoms with Crippen LogP contribution in [-0.4, -0.2) is 26.8 Å². The van der Waals surface area contributed by atoms with Gasteiger partial charge >= 0.3 is 0 Å². The summed E-state index contributed by atoms with van der Waals surface area (Å²) < 4.78 is 17.3. The van der Waals surface area contributed by atoms with Gasteiger partial charge in [0.1, 0.15) is 5.82 Å². The van der Waals surface area contributed by atoms with Gasteiger partial charge in [-0.15, -0.1) is 11.8 Å². The molecule has 15 heavy (non-hydrogen) atoms. The standard InChI is InChI=1S/C9H9FOS.C2H6O/c1-6-3-8(10)7(5-11)9(4-6)12-2;1-3-2/h3-5H,1-2H3;1-2H3. The Morgan fingerprint density at radius 1 is 1.40 bits per heavy atom. The van der Waals surface area contributed by atoms with E-state index in [0.29, 0.717) is 11.2 Å². The maximum absolute atomic E-state index is 13.1. The Hall–Kier alpha value is -0.870. The summed E-state index contributed by atoms with van der Waals surface area (Å²) >= 11 is 1.38. The Balaban J connectivity index is 0.000000583. The highest BCUT2D eigenvalue weighted by Gasteiger charge is 2.07. The van der Waals surface area contributed by atoms with Crippen LogP contribution in [0.1, 0.15) is 15.9 Å². The fraction of sp³-hybridized carbons (Fsp3) is 0.364. The van der Waals surface area contributed by atoms with E-state index in [4.69, 9.17) is 0 Å². The van der Waals surface area contributed by atoms with Crippen LogP contribution in [0.2, 0.25) is 0 Å². The highest BCUT2D eigenvalue weighted by atomic mass is 32.2. The average molecular weight is 230 g/mol. The molecule has 4 heteroatoms. The van der Waals surface area contributed by atoms with E-state index in [2.05, 4.69) is 4.74 Å². The molecule has 2 nitrogen and oxygen atoms in total. The molecule has 1 rings (SSSR count). The Morgan fingerprint density at radius 3 is 2.33 bits per heavy atom. The molecule has 0 bridgehead atoms. The Morgan fingerprint density at radius 2 is 1.93 bits per heavy atom. The smallest absolute Gasteiger partial charge is 0.154 e. The number of methoxy groups -OCH3 is 1. The van der Waals surface area contributed by atoms with E-state index in [1.54, 1.807) is 27.2 Å². The first-order valence-corrected chi connectivity index (χ1v) is 5.52. The molecule has 0 heterocycles. The van der Waals surface area contributed by atoms with Crippen molar-refractivity contribution in [2.45, 2.75) is 11.8 Å². The molecule has 0 radical (unpaired) electrons. The van der Waals surface area contributed by atoms with Gasteiger partial charge in [-0.1, -0.05) is 0 Å². The number of rotatable bonds is 2. The van der Waals surface area contributed by atoms with E-state index in [0.717, 1.165) is 5.56 Å². The highest BCUT2D eigenvalue weighted by molar-refractivity contribution is 7.98. The molecule has 0 aliphatic rings. The lowest BCUT2D eigenvalue weighted by atomic mass is 10.1. The number of ether oxygens (including phenoxy) is 1. The molecule has 1 aromatic rings. The summed E-state index contributed by atoms with van der Waals surface area (Å²) in [6, 6.07) is 3.17. The first-order valence-electron chi connectivity index (χ1n) is 4.30. The second-order valence-corrected chi connectivity index (χ2v) is 3.74. The molecule has 0 aromatic heterocycles. The summed E-state index contributed by atoms with van der Waals surface area (Å²) in [6.45, 7) is 1.80. The third-order valence-electron chi connectivity index (χ3n) is 1.57. The van der Waals surface area contributed by atoms with Gasteiger partial charge in [0.25, 0.3) is 0 Å². The third-order valence-corrected chi connectivity index (χ3v) is 2.35. The van der Waals surface area contributed by atoms with Gasteiger partial charge in [-0.05, 0) is 30.9 Å². The molecule has 0 aliphatic carbocycles. The van der Waals surface area contributed by atoms with Crippen LogP contribution < -0.4 is 0 Å². The summed E-state index contributed by atoms with van der Waals surface area (Å²) in [6.07, 6.45) is 2.38. The second-order valence-electron chi connectivity index (χ2n) is 2.89. The summed E-state index contributed by atoms with van der Waals surface area (Å²) in [7, 11) is 3.25. The van der Waals surface area contributed by atoms with Gasteiger partial charge in [-0.2, -0.15) is 0 Å².